The minimum absolute atomic E-state index is 0.0516. The number of para-hydroxylation sites is 2. The van der Waals surface area contributed by atoms with Gasteiger partial charge in [-0.25, -0.2) is 0 Å². The van der Waals surface area contributed by atoms with Crippen molar-refractivity contribution >= 4 is 11.9 Å². The molecule has 1 N–H and O–H groups in total. The highest BCUT2D eigenvalue weighted by Gasteiger charge is 2.27. The van der Waals surface area contributed by atoms with Crippen molar-refractivity contribution in [3.8, 4) is 23.0 Å². The van der Waals surface area contributed by atoms with Gasteiger partial charge in [-0.05, 0) is 24.3 Å². The SMILES string of the molecule is COc1cc(OC)cc(C(=O)Nc2nnc([C@H]3COc4ccccc4O3)o2)c1. The fraction of sp³-hybridized carbons (Fsp3) is 0.211. The van der Waals surface area contributed by atoms with Gasteiger partial charge in [0, 0.05) is 11.6 Å². The van der Waals surface area contributed by atoms with Crippen LogP contribution in [-0.2, 0) is 0 Å². The quantitative estimate of drug-likeness (QED) is 0.717. The molecule has 1 amide bonds. The Balaban J connectivity index is 1.47. The molecule has 0 fully saturated rings. The first-order valence-corrected chi connectivity index (χ1v) is 8.42. The van der Waals surface area contributed by atoms with Gasteiger partial charge in [0.1, 0.15) is 18.1 Å². The third kappa shape index (κ3) is 3.54. The van der Waals surface area contributed by atoms with Crippen LogP contribution in [0.1, 0.15) is 22.4 Å². The summed E-state index contributed by atoms with van der Waals surface area (Å²) in [5, 5.41) is 10.3. The molecule has 0 spiro atoms. The number of hydrogen-bond acceptors (Lipinski definition) is 8. The molecule has 1 aliphatic heterocycles. The zero-order valence-corrected chi connectivity index (χ0v) is 15.2. The Morgan fingerprint density at radius 2 is 1.79 bits per heavy atom. The molecule has 9 nitrogen and oxygen atoms in total. The average Bonchev–Trinajstić information content (AvgIpc) is 3.21. The highest BCUT2D eigenvalue weighted by atomic mass is 16.6. The molecule has 2 aromatic carbocycles. The van der Waals surface area contributed by atoms with E-state index >= 15 is 0 Å². The van der Waals surface area contributed by atoms with E-state index < -0.39 is 12.0 Å². The highest BCUT2D eigenvalue weighted by molar-refractivity contribution is 6.03. The Bertz CT molecular complexity index is 981. The Morgan fingerprint density at radius 3 is 2.50 bits per heavy atom. The van der Waals surface area contributed by atoms with Gasteiger partial charge < -0.3 is 23.4 Å². The summed E-state index contributed by atoms with van der Waals surface area (Å²) in [6.07, 6.45) is -0.565. The van der Waals surface area contributed by atoms with Crippen LogP contribution >= 0.6 is 0 Å². The van der Waals surface area contributed by atoms with Gasteiger partial charge in [0.25, 0.3) is 11.8 Å². The fourth-order valence-electron chi connectivity index (χ4n) is 2.66. The van der Waals surface area contributed by atoms with Crippen LogP contribution in [0.5, 0.6) is 23.0 Å². The van der Waals surface area contributed by atoms with E-state index in [4.69, 9.17) is 23.4 Å². The van der Waals surface area contributed by atoms with Crippen molar-refractivity contribution in [2.75, 3.05) is 26.1 Å². The smallest absolute Gasteiger partial charge is 0.322 e. The largest absolute Gasteiger partial charge is 0.497 e. The lowest BCUT2D eigenvalue weighted by molar-refractivity contribution is 0.0716. The lowest BCUT2D eigenvalue weighted by Crippen LogP contribution is -2.21. The second-order valence-corrected chi connectivity index (χ2v) is 5.87. The van der Waals surface area contributed by atoms with Crippen molar-refractivity contribution in [3.63, 3.8) is 0 Å². The van der Waals surface area contributed by atoms with Crippen molar-refractivity contribution in [2.45, 2.75) is 6.10 Å². The van der Waals surface area contributed by atoms with Crippen LogP contribution in [0.4, 0.5) is 6.01 Å². The number of carbonyl (C=O) groups is 1. The van der Waals surface area contributed by atoms with Gasteiger partial charge in [-0.1, -0.05) is 17.2 Å². The van der Waals surface area contributed by atoms with Crippen molar-refractivity contribution < 1.29 is 28.2 Å². The van der Waals surface area contributed by atoms with Gasteiger partial charge >= 0.3 is 6.01 Å². The van der Waals surface area contributed by atoms with Crippen molar-refractivity contribution in [2.24, 2.45) is 0 Å². The van der Waals surface area contributed by atoms with Crippen LogP contribution in [0.15, 0.2) is 46.9 Å². The molecule has 9 heteroatoms. The fourth-order valence-corrected chi connectivity index (χ4v) is 2.66. The van der Waals surface area contributed by atoms with Gasteiger partial charge in [-0.2, -0.15) is 0 Å². The van der Waals surface area contributed by atoms with Crippen LogP contribution in [-0.4, -0.2) is 36.9 Å². The van der Waals surface area contributed by atoms with Crippen LogP contribution in [0.2, 0.25) is 0 Å². The summed E-state index contributed by atoms with van der Waals surface area (Å²) in [6.45, 7) is 0.222. The van der Waals surface area contributed by atoms with E-state index in [9.17, 15) is 4.79 Å². The number of nitrogens with one attached hydrogen (secondary N) is 1. The predicted octanol–water partition coefficient (Wildman–Crippen LogP) is 2.85. The monoisotopic (exact) mass is 383 g/mol. The molecule has 3 aromatic rings. The summed E-state index contributed by atoms with van der Waals surface area (Å²) < 4.78 is 27.3. The molecule has 0 bridgehead atoms. The Labute approximate surface area is 160 Å². The number of aromatic nitrogens is 2. The topological polar surface area (TPSA) is 105 Å². The molecule has 0 saturated heterocycles. The number of methoxy groups -OCH3 is 2. The van der Waals surface area contributed by atoms with Crippen molar-refractivity contribution in [3.05, 3.63) is 53.9 Å². The molecule has 0 saturated carbocycles. The normalized spacial score (nSPS) is 15.0. The Hall–Kier alpha value is -3.75. The lowest BCUT2D eigenvalue weighted by atomic mass is 10.2. The standard InChI is InChI=1S/C19H17N3O6/c1-24-12-7-11(8-13(9-12)25-2)17(23)20-19-22-21-18(28-19)16-10-26-14-5-3-4-6-15(14)27-16/h3-9,16H,10H2,1-2H3,(H,20,22,23)/t16-/m1/s1. The Kier molecular flexibility index (Phi) is 4.71. The number of carbonyl (C=O) groups excluding carboxylic acids is 1. The maximum absolute atomic E-state index is 12.5. The highest BCUT2D eigenvalue weighted by Crippen LogP contribution is 2.35. The summed E-state index contributed by atoms with van der Waals surface area (Å²) in [6, 6.07) is 12.1. The molecule has 1 aromatic heterocycles. The lowest BCUT2D eigenvalue weighted by Gasteiger charge is -2.23. The maximum atomic E-state index is 12.5. The average molecular weight is 383 g/mol. The zero-order valence-electron chi connectivity index (χ0n) is 15.2. The van der Waals surface area contributed by atoms with Crippen LogP contribution in [0.3, 0.4) is 0 Å². The molecule has 1 atom stereocenters. The predicted molar refractivity (Wildman–Crippen MR) is 97.1 cm³/mol. The molecule has 0 aliphatic carbocycles. The van der Waals surface area contributed by atoms with E-state index in [0.29, 0.717) is 28.6 Å². The van der Waals surface area contributed by atoms with E-state index in [2.05, 4.69) is 15.5 Å². The number of rotatable bonds is 5. The summed E-state index contributed by atoms with van der Waals surface area (Å²) in [7, 11) is 3.01. The molecule has 2 heterocycles. The van der Waals surface area contributed by atoms with Crippen molar-refractivity contribution in [1.29, 1.82) is 0 Å². The van der Waals surface area contributed by atoms with Gasteiger partial charge in [0.05, 0.1) is 14.2 Å². The molecule has 4 rings (SSSR count). The van der Waals surface area contributed by atoms with E-state index in [-0.39, 0.29) is 18.5 Å². The molecule has 28 heavy (non-hydrogen) atoms. The summed E-state index contributed by atoms with van der Waals surface area (Å²) in [5.74, 6) is 1.97. The first-order valence-electron chi connectivity index (χ1n) is 8.42. The summed E-state index contributed by atoms with van der Waals surface area (Å²) in [5.41, 5.74) is 0.321. The number of ether oxygens (including phenoxy) is 4. The number of nitrogens with zero attached hydrogens (tertiary/aromatic N) is 2. The van der Waals surface area contributed by atoms with Crippen LogP contribution < -0.4 is 24.3 Å². The maximum Gasteiger partial charge on any atom is 0.322 e. The molecular weight excluding hydrogens is 366 g/mol. The Morgan fingerprint density at radius 1 is 1.07 bits per heavy atom. The molecule has 144 valence electrons. The number of fused-ring (bicyclic) bond motifs is 1. The van der Waals surface area contributed by atoms with Gasteiger partial charge in [0.15, 0.2) is 11.5 Å². The molecule has 0 radical (unpaired) electrons. The number of benzene rings is 2. The van der Waals surface area contributed by atoms with Crippen LogP contribution in [0.25, 0.3) is 0 Å². The van der Waals surface area contributed by atoms with E-state index in [0.717, 1.165) is 0 Å². The second kappa shape index (κ2) is 7.47. The summed E-state index contributed by atoms with van der Waals surface area (Å²) >= 11 is 0. The van der Waals surface area contributed by atoms with Crippen molar-refractivity contribution in [1.82, 2.24) is 10.2 Å². The van der Waals surface area contributed by atoms with E-state index in [1.165, 1.54) is 14.2 Å². The zero-order chi connectivity index (χ0) is 19.5. The third-order valence-electron chi connectivity index (χ3n) is 4.06. The second-order valence-electron chi connectivity index (χ2n) is 5.87. The van der Waals surface area contributed by atoms with Gasteiger partial charge in [-0.3, -0.25) is 10.1 Å². The van der Waals surface area contributed by atoms with Gasteiger partial charge in [0.2, 0.25) is 6.10 Å². The van der Waals surface area contributed by atoms with E-state index in [1.54, 1.807) is 24.3 Å². The number of amides is 1. The molecule has 1 aliphatic rings. The first-order chi connectivity index (χ1) is 13.7. The summed E-state index contributed by atoms with van der Waals surface area (Å²) in [4.78, 5) is 12.5. The minimum atomic E-state index is -0.565. The minimum Gasteiger partial charge on any atom is -0.497 e. The number of anilines is 1. The van der Waals surface area contributed by atoms with E-state index in [1.807, 2.05) is 18.2 Å². The number of hydrogen-bond donors (Lipinski definition) is 1. The molecular formula is C19H17N3O6. The third-order valence-corrected chi connectivity index (χ3v) is 4.06. The van der Waals surface area contributed by atoms with Gasteiger partial charge in [-0.15, -0.1) is 5.10 Å². The first kappa shape index (κ1) is 17.7. The molecule has 0 unspecified atom stereocenters. The van der Waals surface area contributed by atoms with Crippen LogP contribution in [0, 0.1) is 0 Å².